The first-order valence-corrected chi connectivity index (χ1v) is 5.45. The minimum Gasteiger partial charge on any atom is -0.370 e. The standard InChI is InChI=1S/C12H20O2/c1-10(2)9-5-6-11(10,3)12(7-9,8-13)14-4/h8-9H,5-7H2,1-4H3. The molecule has 0 radical (unpaired) electrons. The van der Waals surface area contributed by atoms with E-state index in [1.165, 1.54) is 6.42 Å². The molecule has 2 bridgehead atoms. The highest BCUT2D eigenvalue weighted by Gasteiger charge is 2.69. The zero-order valence-corrected chi connectivity index (χ0v) is 9.59. The summed E-state index contributed by atoms with van der Waals surface area (Å²) in [6, 6.07) is 0. The van der Waals surface area contributed by atoms with Crippen LogP contribution in [0.4, 0.5) is 0 Å². The lowest BCUT2D eigenvalue weighted by Gasteiger charge is -2.44. The van der Waals surface area contributed by atoms with Gasteiger partial charge in [-0.2, -0.15) is 0 Å². The third kappa shape index (κ3) is 0.796. The van der Waals surface area contributed by atoms with Gasteiger partial charge in [-0.25, -0.2) is 0 Å². The second-order valence-electron chi connectivity index (χ2n) is 5.70. The van der Waals surface area contributed by atoms with Crippen molar-refractivity contribution in [2.24, 2.45) is 16.7 Å². The first-order chi connectivity index (χ1) is 6.43. The maximum absolute atomic E-state index is 11.3. The lowest BCUT2D eigenvalue weighted by molar-refractivity contribution is -0.149. The second kappa shape index (κ2) is 2.60. The maximum atomic E-state index is 11.3. The van der Waals surface area contributed by atoms with Crippen LogP contribution in [0.2, 0.25) is 0 Å². The fourth-order valence-corrected chi connectivity index (χ4v) is 3.84. The molecule has 2 nitrogen and oxygen atoms in total. The molecule has 2 aliphatic rings. The highest BCUT2D eigenvalue weighted by atomic mass is 16.5. The van der Waals surface area contributed by atoms with Crippen molar-refractivity contribution in [2.45, 2.75) is 45.6 Å². The van der Waals surface area contributed by atoms with Gasteiger partial charge >= 0.3 is 0 Å². The number of carbonyl (C=O) groups is 1. The average Bonchev–Trinajstić information content (AvgIpc) is 2.48. The predicted octanol–water partition coefficient (Wildman–Crippen LogP) is 2.42. The Bertz CT molecular complexity index is 271. The minimum absolute atomic E-state index is 0.0289. The van der Waals surface area contributed by atoms with Crippen molar-refractivity contribution in [3.63, 3.8) is 0 Å². The van der Waals surface area contributed by atoms with E-state index in [1.54, 1.807) is 7.11 Å². The molecule has 2 heteroatoms. The normalized spacial score (nSPS) is 49.6. The van der Waals surface area contributed by atoms with Gasteiger partial charge < -0.3 is 9.53 Å². The van der Waals surface area contributed by atoms with E-state index in [2.05, 4.69) is 20.8 Å². The summed E-state index contributed by atoms with van der Waals surface area (Å²) in [7, 11) is 1.68. The minimum atomic E-state index is -0.514. The van der Waals surface area contributed by atoms with Crippen molar-refractivity contribution in [1.82, 2.24) is 0 Å². The largest absolute Gasteiger partial charge is 0.370 e. The Hall–Kier alpha value is -0.370. The van der Waals surface area contributed by atoms with Gasteiger partial charge in [0.2, 0.25) is 0 Å². The number of ether oxygens (including phenoxy) is 1. The zero-order valence-electron chi connectivity index (χ0n) is 9.59. The monoisotopic (exact) mass is 196 g/mol. The lowest BCUT2D eigenvalue weighted by Crippen LogP contribution is -2.49. The first-order valence-electron chi connectivity index (χ1n) is 5.45. The summed E-state index contributed by atoms with van der Waals surface area (Å²) < 4.78 is 5.55. The fraction of sp³-hybridized carbons (Fsp3) is 0.917. The third-order valence-electron chi connectivity index (χ3n) is 5.47. The number of aldehydes is 1. The fourth-order valence-electron chi connectivity index (χ4n) is 3.84. The highest BCUT2D eigenvalue weighted by Crippen LogP contribution is 2.69. The molecule has 0 saturated heterocycles. The summed E-state index contributed by atoms with van der Waals surface area (Å²) >= 11 is 0. The Morgan fingerprint density at radius 1 is 1.36 bits per heavy atom. The molecule has 0 aromatic heterocycles. The van der Waals surface area contributed by atoms with Gasteiger partial charge in [0, 0.05) is 12.5 Å². The van der Waals surface area contributed by atoms with E-state index in [9.17, 15) is 4.79 Å². The second-order valence-corrected chi connectivity index (χ2v) is 5.70. The molecular weight excluding hydrogens is 176 g/mol. The summed E-state index contributed by atoms with van der Waals surface area (Å²) in [6.45, 7) is 6.79. The lowest BCUT2D eigenvalue weighted by atomic mass is 9.65. The summed E-state index contributed by atoms with van der Waals surface area (Å²) in [5.41, 5.74) is -0.246. The molecule has 80 valence electrons. The molecular formula is C12H20O2. The van der Waals surface area contributed by atoms with Gasteiger partial charge in [-0.05, 0) is 30.6 Å². The van der Waals surface area contributed by atoms with Gasteiger partial charge in [-0.1, -0.05) is 20.8 Å². The molecule has 0 aromatic carbocycles. The Kier molecular flexibility index (Phi) is 1.89. The van der Waals surface area contributed by atoms with E-state index in [1.807, 2.05) is 0 Å². The number of fused-ring (bicyclic) bond motifs is 2. The first kappa shape index (κ1) is 10.2. The van der Waals surface area contributed by atoms with Crippen LogP contribution in [-0.4, -0.2) is 19.0 Å². The predicted molar refractivity (Wildman–Crippen MR) is 55.0 cm³/mol. The Morgan fingerprint density at radius 2 is 2.00 bits per heavy atom. The van der Waals surface area contributed by atoms with Crippen molar-refractivity contribution < 1.29 is 9.53 Å². The van der Waals surface area contributed by atoms with Crippen LogP contribution < -0.4 is 0 Å². The quantitative estimate of drug-likeness (QED) is 0.634. The average molecular weight is 196 g/mol. The number of carbonyl (C=O) groups excluding carboxylic acids is 1. The molecule has 0 N–H and O–H groups in total. The van der Waals surface area contributed by atoms with Crippen LogP contribution in [0.3, 0.4) is 0 Å². The van der Waals surface area contributed by atoms with Crippen LogP contribution in [0.5, 0.6) is 0 Å². The molecule has 0 aliphatic heterocycles. The molecule has 2 fully saturated rings. The van der Waals surface area contributed by atoms with Gasteiger partial charge in [0.1, 0.15) is 5.60 Å². The summed E-state index contributed by atoms with van der Waals surface area (Å²) in [4.78, 5) is 11.3. The van der Waals surface area contributed by atoms with E-state index in [0.29, 0.717) is 5.92 Å². The Morgan fingerprint density at radius 3 is 2.21 bits per heavy atom. The zero-order chi connectivity index (χ0) is 10.6. The molecule has 14 heavy (non-hydrogen) atoms. The van der Waals surface area contributed by atoms with Crippen molar-refractivity contribution in [2.75, 3.05) is 7.11 Å². The van der Waals surface area contributed by atoms with Crippen molar-refractivity contribution >= 4 is 6.29 Å². The molecule has 0 amide bonds. The maximum Gasteiger partial charge on any atom is 0.152 e. The number of rotatable bonds is 2. The molecule has 0 aromatic rings. The van der Waals surface area contributed by atoms with Gasteiger partial charge in [-0.3, -0.25) is 0 Å². The van der Waals surface area contributed by atoms with Crippen LogP contribution in [0.1, 0.15) is 40.0 Å². The van der Waals surface area contributed by atoms with Crippen LogP contribution in [0.15, 0.2) is 0 Å². The Labute approximate surface area is 86.0 Å². The van der Waals surface area contributed by atoms with Crippen LogP contribution in [-0.2, 0) is 9.53 Å². The van der Waals surface area contributed by atoms with E-state index >= 15 is 0 Å². The molecule has 2 rings (SSSR count). The SMILES string of the molecule is COC1(C=O)CC2CCC1(C)C2(C)C. The van der Waals surface area contributed by atoms with Gasteiger partial charge in [0.05, 0.1) is 0 Å². The molecule has 2 aliphatic carbocycles. The summed E-state index contributed by atoms with van der Waals surface area (Å²) in [6.07, 6.45) is 4.34. The molecule has 2 saturated carbocycles. The van der Waals surface area contributed by atoms with E-state index < -0.39 is 5.60 Å². The van der Waals surface area contributed by atoms with E-state index in [4.69, 9.17) is 4.74 Å². The van der Waals surface area contributed by atoms with Gasteiger partial charge in [-0.15, -0.1) is 0 Å². The number of hydrogen-bond donors (Lipinski definition) is 0. The van der Waals surface area contributed by atoms with E-state index in [-0.39, 0.29) is 10.8 Å². The van der Waals surface area contributed by atoms with Crippen molar-refractivity contribution in [1.29, 1.82) is 0 Å². The number of methoxy groups -OCH3 is 1. The topological polar surface area (TPSA) is 26.3 Å². The van der Waals surface area contributed by atoms with Crippen LogP contribution in [0, 0.1) is 16.7 Å². The molecule has 0 heterocycles. The van der Waals surface area contributed by atoms with E-state index in [0.717, 1.165) is 19.1 Å². The van der Waals surface area contributed by atoms with Crippen molar-refractivity contribution in [3.8, 4) is 0 Å². The highest BCUT2D eigenvalue weighted by molar-refractivity contribution is 5.66. The summed E-state index contributed by atoms with van der Waals surface area (Å²) in [5.74, 6) is 0.651. The van der Waals surface area contributed by atoms with Crippen LogP contribution in [0.25, 0.3) is 0 Å². The Balaban J connectivity index is 2.49. The summed E-state index contributed by atoms with van der Waals surface area (Å²) in [5, 5.41) is 0. The number of hydrogen-bond acceptors (Lipinski definition) is 2. The van der Waals surface area contributed by atoms with Crippen molar-refractivity contribution in [3.05, 3.63) is 0 Å². The molecule has 3 atom stereocenters. The third-order valence-corrected chi connectivity index (χ3v) is 5.47. The van der Waals surface area contributed by atoms with Crippen LogP contribution >= 0.6 is 0 Å². The molecule has 3 unspecified atom stereocenters. The molecule has 0 spiro atoms. The van der Waals surface area contributed by atoms with Gasteiger partial charge in [0.25, 0.3) is 0 Å². The van der Waals surface area contributed by atoms with Gasteiger partial charge in [0.15, 0.2) is 6.29 Å². The smallest absolute Gasteiger partial charge is 0.152 e.